The van der Waals surface area contributed by atoms with Gasteiger partial charge >= 0.3 is 0 Å². The van der Waals surface area contributed by atoms with Gasteiger partial charge in [0.2, 0.25) is 5.91 Å². The Kier molecular flexibility index (Phi) is 4.01. The first-order valence-corrected chi connectivity index (χ1v) is 9.33. The van der Waals surface area contributed by atoms with E-state index < -0.39 is 0 Å². The minimum Gasteiger partial charge on any atom is -0.311 e. The van der Waals surface area contributed by atoms with Crippen molar-refractivity contribution in [3.8, 4) is 0 Å². The lowest BCUT2D eigenvalue weighted by Crippen LogP contribution is -2.36. The third-order valence-electron chi connectivity index (χ3n) is 3.89. The molecule has 0 saturated carbocycles. The maximum Gasteiger partial charge on any atom is 0.237 e. The van der Waals surface area contributed by atoms with E-state index in [9.17, 15) is 4.79 Å². The fourth-order valence-corrected chi connectivity index (χ4v) is 4.74. The number of pyridine rings is 1. The Morgan fingerprint density at radius 1 is 1.30 bits per heavy atom. The van der Waals surface area contributed by atoms with E-state index in [4.69, 9.17) is 0 Å². The van der Waals surface area contributed by atoms with Crippen molar-refractivity contribution in [2.24, 2.45) is 0 Å². The number of carbonyl (C=O) groups excluding carboxylic acids is 1. The molecule has 0 radical (unpaired) electrons. The number of fused-ring (bicyclic) bond motifs is 2. The van der Waals surface area contributed by atoms with Crippen LogP contribution in [0.5, 0.6) is 0 Å². The molecule has 0 aliphatic carbocycles. The standard InChI is InChI=1S/C17H15N3OS2/c21-16(20-9-3-4-12-10-18-8-7-14(12)20)11-22-17-19-13-5-1-2-6-15(13)23-17/h1-2,5-8,10H,3-4,9,11H2. The molecule has 3 aromatic rings. The molecule has 0 bridgehead atoms. The molecule has 23 heavy (non-hydrogen) atoms. The van der Waals surface area contributed by atoms with Gasteiger partial charge in [-0.05, 0) is 36.6 Å². The van der Waals surface area contributed by atoms with E-state index in [2.05, 4.69) is 16.0 Å². The number of nitrogens with zero attached hydrogens (tertiary/aromatic N) is 3. The summed E-state index contributed by atoms with van der Waals surface area (Å²) in [6.07, 6.45) is 5.62. The number of thioether (sulfide) groups is 1. The zero-order chi connectivity index (χ0) is 15.6. The summed E-state index contributed by atoms with van der Waals surface area (Å²) in [5.41, 5.74) is 3.18. The normalized spacial score (nSPS) is 14.0. The Morgan fingerprint density at radius 3 is 3.13 bits per heavy atom. The van der Waals surface area contributed by atoms with E-state index in [1.807, 2.05) is 35.4 Å². The number of aryl methyl sites for hydroxylation is 1. The highest BCUT2D eigenvalue weighted by molar-refractivity contribution is 8.01. The van der Waals surface area contributed by atoms with Crippen molar-refractivity contribution < 1.29 is 4.79 Å². The number of anilines is 1. The quantitative estimate of drug-likeness (QED) is 0.681. The van der Waals surface area contributed by atoms with Crippen molar-refractivity contribution >= 4 is 44.9 Å². The molecule has 1 aliphatic rings. The van der Waals surface area contributed by atoms with E-state index >= 15 is 0 Å². The first kappa shape index (κ1) is 14.7. The smallest absolute Gasteiger partial charge is 0.237 e. The van der Waals surface area contributed by atoms with Gasteiger partial charge in [0.1, 0.15) is 0 Å². The SMILES string of the molecule is O=C(CSc1nc2ccccc2s1)N1CCCc2cnccc21. The molecule has 0 atom stereocenters. The van der Waals surface area contributed by atoms with Crippen molar-refractivity contribution in [3.63, 3.8) is 0 Å². The third-order valence-corrected chi connectivity index (χ3v) is 6.06. The summed E-state index contributed by atoms with van der Waals surface area (Å²) >= 11 is 3.17. The van der Waals surface area contributed by atoms with Crippen molar-refractivity contribution in [1.29, 1.82) is 0 Å². The Hall–Kier alpha value is -1.92. The molecule has 3 heterocycles. The van der Waals surface area contributed by atoms with Gasteiger partial charge in [0.05, 0.1) is 16.0 Å². The maximum absolute atomic E-state index is 12.6. The summed E-state index contributed by atoms with van der Waals surface area (Å²) in [5.74, 6) is 0.558. The highest BCUT2D eigenvalue weighted by Crippen LogP contribution is 2.31. The lowest BCUT2D eigenvalue weighted by Gasteiger charge is -2.28. The first-order valence-electron chi connectivity index (χ1n) is 7.53. The van der Waals surface area contributed by atoms with Crippen molar-refractivity contribution in [1.82, 2.24) is 9.97 Å². The van der Waals surface area contributed by atoms with Crippen molar-refractivity contribution in [3.05, 3.63) is 48.3 Å². The summed E-state index contributed by atoms with van der Waals surface area (Å²) in [6.45, 7) is 0.788. The lowest BCUT2D eigenvalue weighted by atomic mass is 10.0. The Labute approximate surface area is 142 Å². The van der Waals surface area contributed by atoms with Crippen LogP contribution in [0.4, 0.5) is 5.69 Å². The van der Waals surface area contributed by atoms with E-state index in [1.165, 1.54) is 11.8 Å². The zero-order valence-electron chi connectivity index (χ0n) is 12.4. The van der Waals surface area contributed by atoms with Crippen molar-refractivity contribution in [2.75, 3.05) is 17.2 Å². The summed E-state index contributed by atoms with van der Waals surface area (Å²) in [7, 11) is 0. The van der Waals surface area contributed by atoms with E-state index in [0.29, 0.717) is 5.75 Å². The fraction of sp³-hybridized carbons (Fsp3) is 0.235. The zero-order valence-corrected chi connectivity index (χ0v) is 14.1. The molecule has 0 saturated heterocycles. The number of amides is 1. The van der Waals surface area contributed by atoms with E-state index in [-0.39, 0.29) is 5.91 Å². The fourth-order valence-electron chi connectivity index (χ4n) is 2.80. The number of carbonyl (C=O) groups is 1. The molecule has 4 nitrogen and oxygen atoms in total. The molecule has 0 fully saturated rings. The molecule has 0 unspecified atom stereocenters. The van der Waals surface area contributed by atoms with Gasteiger partial charge < -0.3 is 4.90 Å². The third kappa shape index (κ3) is 2.96. The molecule has 116 valence electrons. The van der Waals surface area contributed by atoms with Crippen LogP contribution in [0.15, 0.2) is 47.1 Å². The summed E-state index contributed by atoms with van der Waals surface area (Å²) in [4.78, 5) is 23.2. The van der Waals surface area contributed by atoms with Crippen LogP contribution >= 0.6 is 23.1 Å². The number of hydrogen-bond donors (Lipinski definition) is 0. The van der Waals surface area contributed by atoms with Crippen LogP contribution in [0, 0.1) is 0 Å². The van der Waals surface area contributed by atoms with Crippen LogP contribution in [-0.4, -0.2) is 28.2 Å². The summed E-state index contributed by atoms with van der Waals surface area (Å²) < 4.78 is 2.11. The van der Waals surface area contributed by atoms with Crippen LogP contribution in [0.1, 0.15) is 12.0 Å². The van der Waals surface area contributed by atoms with Crippen LogP contribution in [0.2, 0.25) is 0 Å². The minimum absolute atomic E-state index is 0.140. The Balaban J connectivity index is 1.48. The monoisotopic (exact) mass is 341 g/mol. The van der Waals surface area contributed by atoms with Gasteiger partial charge in [0.25, 0.3) is 0 Å². The number of para-hydroxylation sites is 1. The largest absolute Gasteiger partial charge is 0.311 e. The highest BCUT2D eigenvalue weighted by Gasteiger charge is 2.22. The number of thiazole rings is 1. The molecule has 6 heteroatoms. The summed E-state index contributed by atoms with van der Waals surface area (Å²) in [5, 5.41) is 0. The maximum atomic E-state index is 12.6. The van der Waals surface area contributed by atoms with E-state index in [1.54, 1.807) is 17.5 Å². The minimum atomic E-state index is 0.140. The molecule has 4 rings (SSSR count). The predicted molar refractivity (Wildman–Crippen MR) is 95.3 cm³/mol. The van der Waals surface area contributed by atoms with Gasteiger partial charge in [0.15, 0.2) is 4.34 Å². The van der Waals surface area contributed by atoms with Gasteiger partial charge in [-0.3, -0.25) is 9.78 Å². The average molecular weight is 341 g/mol. The van der Waals surface area contributed by atoms with Gasteiger partial charge in [-0.2, -0.15) is 0 Å². The second-order valence-corrected chi connectivity index (χ2v) is 7.64. The van der Waals surface area contributed by atoms with Crippen LogP contribution in [0.3, 0.4) is 0 Å². The first-order chi connectivity index (χ1) is 11.3. The Morgan fingerprint density at radius 2 is 2.22 bits per heavy atom. The molecular weight excluding hydrogens is 326 g/mol. The van der Waals surface area contributed by atoms with Gasteiger partial charge in [-0.15, -0.1) is 11.3 Å². The highest BCUT2D eigenvalue weighted by atomic mass is 32.2. The predicted octanol–water partition coefficient (Wildman–Crippen LogP) is 3.76. The van der Waals surface area contributed by atoms with Gasteiger partial charge in [-0.25, -0.2) is 4.98 Å². The van der Waals surface area contributed by atoms with Crippen molar-refractivity contribution in [2.45, 2.75) is 17.2 Å². The molecule has 1 amide bonds. The molecule has 1 aromatic carbocycles. The van der Waals surface area contributed by atoms with E-state index in [0.717, 1.165) is 45.2 Å². The van der Waals surface area contributed by atoms with Crippen LogP contribution in [-0.2, 0) is 11.2 Å². The second kappa shape index (κ2) is 6.29. The van der Waals surface area contributed by atoms with Crippen LogP contribution < -0.4 is 4.90 Å². The average Bonchev–Trinajstić information content (AvgIpc) is 3.02. The number of benzene rings is 1. The van der Waals surface area contributed by atoms with Gasteiger partial charge in [-0.1, -0.05) is 23.9 Å². The topological polar surface area (TPSA) is 46.1 Å². The molecule has 1 aliphatic heterocycles. The lowest BCUT2D eigenvalue weighted by molar-refractivity contribution is -0.116. The number of hydrogen-bond acceptors (Lipinski definition) is 5. The molecule has 2 aromatic heterocycles. The van der Waals surface area contributed by atoms with Gasteiger partial charge in [0, 0.05) is 24.6 Å². The molecule has 0 spiro atoms. The summed E-state index contributed by atoms with van der Waals surface area (Å²) in [6, 6.07) is 10.0. The number of aromatic nitrogens is 2. The second-order valence-electron chi connectivity index (χ2n) is 5.39. The number of rotatable bonds is 3. The molecular formula is C17H15N3OS2. The Bertz CT molecular complexity index is 829. The molecule has 0 N–H and O–H groups in total. The van der Waals surface area contributed by atoms with Crippen LogP contribution in [0.25, 0.3) is 10.2 Å².